The van der Waals surface area contributed by atoms with Crippen LogP contribution in [0.1, 0.15) is 69.4 Å². The summed E-state index contributed by atoms with van der Waals surface area (Å²) in [4.78, 5) is 19.3. The SMILES string of the molecule is CC(C)OC(=O)N1CCC(ON=C2CCC(c3cc(F)c(CN)cc3F)CC2)CC1. The fourth-order valence-electron chi connectivity index (χ4n) is 4.00. The van der Waals surface area contributed by atoms with Crippen LogP contribution in [-0.4, -0.2) is 42.0 Å². The summed E-state index contributed by atoms with van der Waals surface area (Å²) in [5.41, 5.74) is 7.01. The van der Waals surface area contributed by atoms with Crippen LogP contribution in [0, 0.1) is 11.6 Å². The second-order valence-corrected chi connectivity index (χ2v) is 8.33. The van der Waals surface area contributed by atoms with Gasteiger partial charge in [0.2, 0.25) is 0 Å². The second-order valence-electron chi connectivity index (χ2n) is 8.33. The number of amides is 1. The maximum Gasteiger partial charge on any atom is 0.410 e. The number of halogens is 2. The number of likely N-dealkylation sites (tertiary alicyclic amines) is 1. The number of carbonyl (C=O) groups is 1. The third-order valence-electron chi connectivity index (χ3n) is 5.76. The van der Waals surface area contributed by atoms with Gasteiger partial charge in [0.15, 0.2) is 0 Å². The predicted octanol–water partition coefficient (Wildman–Crippen LogP) is 4.46. The topological polar surface area (TPSA) is 77.1 Å². The molecular formula is C22H31F2N3O3. The van der Waals surface area contributed by atoms with E-state index in [1.807, 2.05) is 13.8 Å². The lowest BCUT2D eigenvalue weighted by atomic mass is 9.82. The summed E-state index contributed by atoms with van der Waals surface area (Å²) >= 11 is 0. The minimum Gasteiger partial charge on any atom is -0.447 e. The average Bonchev–Trinajstić information content (AvgIpc) is 2.74. The lowest BCUT2D eigenvalue weighted by molar-refractivity contribution is 0.00403. The second kappa shape index (κ2) is 10.2. The first kappa shape index (κ1) is 22.5. The number of nitrogens with zero attached hydrogens (tertiary/aromatic N) is 2. The zero-order valence-corrected chi connectivity index (χ0v) is 17.7. The highest BCUT2D eigenvalue weighted by Gasteiger charge is 2.27. The van der Waals surface area contributed by atoms with E-state index in [1.165, 1.54) is 12.1 Å². The number of benzene rings is 1. The van der Waals surface area contributed by atoms with Crippen LogP contribution < -0.4 is 5.73 Å². The molecule has 1 saturated heterocycles. The van der Waals surface area contributed by atoms with Crippen molar-refractivity contribution >= 4 is 11.8 Å². The van der Waals surface area contributed by atoms with Gasteiger partial charge in [0.1, 0.15) is 17.7 Å². The third-order valence-corrected chi connectivity index (χ3v) is 5.76. The molecule has 166 valence electrons. The fourth-order valence-corrected chi connectivity index (χ4v) is 4.00. The van der Waals surface area contributed by atoms with Crippen molar-refractivity contribution in [1.82, 2.24) is 4.90 Å². The Morgan fingerprint density at radius 2 is 1.83 bits per heavy atom. The molecular weight excluding hydrogens is 392 g/mol. The minimum absolute atomic E-state index is 0.0142. The molecule has 0 spiro atoms. The van der Waals surface area contributed by atoms with E-state index in [2.05, 4.69) is 5.16 Å². The molecule has 1 aromatic carbocycles. The van der Waals surface area contributed by atoms with Crippen LogP contribution in [0.5, 0.6) is 0 Å². The molecule has 2 aliphatic rings. The Kier molecular flexibility index (Phi) is 7.64. The Hall–Kier alpha value is -2.22. The van der Waals surface area contributed by atoms with Gasteiger partial charge >= 0.3 is 6.09 Å². The van der Waals surface area contributed by atoms with Crippen LogP contribution in [0.25, 0.3) is 0 Å². The fraction of sp³-hybridized carbons (Fsp3) is 0.636. The van der Waals surface area contributed by atoms with Gasteiger partial charge in [-0.05, 0) is 63.1 Å². The molecule has 1 amide bonds. The Morgan fingerprint density at radius 1 is 1.17 bits per heavy atom. The number of carbonyl (C=O) groups excluding carboxylic acids is 1. The first-order valence-electron chi connectivity index (χ1n) is 10.7. The Labute approximate surface area is 176 Å². The molecule has 1 aliphatic heterocycles. The van der Waals surface area contributed by atoms with Gasteiger partial charge in [-0.3, -0.25) is 0 Å². The molecule has 3 rings (SSSR count). The molecule has 0 atom stereocenters. The normalized spacial score (nSPS) is 20.4. The van der Waals surface area contributed by atoms with E-state index in [4.69, 9.17) is 15.3 Å². The van der Waals surface area contributed by atoms with Crippen molar-refractivity contribution in [3.05, 3.63) is 34.9 Å². The van der Waals surface area contributed by atoms with Gasteiger partial charge in [0.25, 0.3) is 0 Å². The zero-order chi connectivity index (χ0) is 21.7. The van der Waals surface area contributed by atoms with Crippen molar-refractivity contribution in [1.29, 1.82) is 0 Å². The summed E-state index contributed by atoms with van der Waals surface area (Å²) in [7, 11) is 0. The Bertz CT molecular complexity index is 767. The summed E-state index contributed by atoms with van der Waals surface area (Å²) in [6, 6.07) is 2.50. The Balaban J connectivity index is 1.46. The molecule has 0 aromatic heterocycles. The molecule has 8 heteroatoms. The van der Waals surface area contributed by atoms with Gasteiger partial charge in [0, 0.05) is 38.0 Å². The molecule has 0 radical (unpaired) electrons. The van der Waals surface area contributed by atoms with Crippen molar-refractivity contribution in [3.8, 4) is 0 Å². The highest BCUT2D eigenvalue weighted by molar-refractivity contribution is 5.84. The van der Waals surface area contributed by atoms with Crippen LogP contribution in [0.3, 0.4) is 0 Å². The number of rotatable bonds is 5. The number of nitrogens with two attached hydrogens (primary N) is 1. The molecule has 1 aromatic rings. The molecule has 0 unspecified atom stereocenters. The van der Waals surface area contributed by atoms with Gasteiger partial charge in [-0.15, -0.1) is 0 Å². The quantitative estimate of drug-likeness (QED) is 0.709. The summed E-state index contributed by atoms with van der Waals surface area (Å²) in [5.74, 6) is -0.859. The smallest absolute Gasteiger partial charge is 0.410 e. The van der Waals surface area contributed by atoms with Gasteiger partial charge in [0.05, 0.1) is 11.8 Å². The van der Waals surface area contributed by atoms with Crippen molar-refractivity contribution in [3.63, 3.8) is 0 Å². The summed E-state index contributed by atoms with van der Waals surface area (Å²) in [6.45, 7) is 4.83. The first-order valence-corrected chi connectivity index (χ1v) is 10.7. The molecule has 1 saturated carbocycles. The Morgan fingerprint density at radius 3 is 2.43 bits per heavy atom. The molecule has 30 heavy (non-hydrogen) atoms. The average molecular weight is 424 g/mol. The van der Waals surface area contributed by atoms with Crippen LogP contribution in [0.2, 0.25) is 0 Å². The minimum atomic E-state index is -0.444. The first-order chi connectivity index (χ1) is 14.4. The van der Waals surface area contributed by atoms with Crippen LogP contribution in [0.4, 0.5) is 13.6 Å². The number of hydrogen-bond donors (Lipinski definition) is 1. The number of hydrogen-bond acceptors (Lipinski definition) is 5. The maximum atomic E-state index is 14.3. The zero-order valence-electron chi connectivity index (χ0n) is 17.7. The van der Waals surface area contributed by atoms with E-state index < -0.39 is 5.82 Å². The van der Waals surface area contributed by atoms with E-state index in [9.17, 15) is 13.6 Å². The van der Waals surface area contributed by atoms with Gasteiger partial charge in [-0.25, -0.2) is 13.6 Å². The van der Waals surface area contributed by atoms with E-state index in [1.54, 1.807) is 4.90 Å². The highest BCUT2D eigenvalue weighted by Crippen LogP contribution is 2.34. The van der Waals surface area contributed by atoms with E-state index >= 15 is 0 Å². The van der Waals surface area contributed by atoms with Crippen molar-refractivity contribution < 1.29 is 23.1 Å². The van der Waals surface area contributed by atoms with E-state index in [0.717, 1.165) is 5.71 Å². The van der Waals surface area contributed by atoms with Crippen LogP contribution >= 0.6 is 0 Å². The van der Waals surface area contributed by atoms with Crippen molar-refractivity contribution in [2.75, 3.05) is 13.1 Å². The molecule has 6 nitrogen and oxygen atoms in total. The molecule has 1 heterocycles. The van der Waals surface area contributed by atoms with Gasteiger partial charge in [-0.1, -0.05) is 5.16 Å². The number of piperidine rings is 1. The lowest BCUT2D eigenvalue weighted by Gasteiger charge is -2.31. The molecule has 0 bridgehead atoms. The maximum absolute atomic E-state index is 14.3. The van der Waals surface area contributed by atoms with Crippen molar-refractivity contribution in [2.24, 2.45) is 10.9 Å². The third kappa shape index (κ3) is 5.68. The molecule has 2 fully saturated rings. The monoisotopic (exact) mass is 423 g/mol. The summed E-state index contributed by atoms with van der Waals surface area (Å²) < 4.78 is 33.6. The summed E-state index contributed by atoms with van der Waals surface area (Å²) in [6.07, 6.45) is 3.81. The largest absolute Gasteiger partial charge is 0.447 e. The predicted molar refractivity (Wildman–Crippen MR) is 110 cm³/mol. The van der Waals surface area contributed by atoms with Crippen LogP contribution in [0.15, 0.2) is 17.3 Å². The number of ether oxygens (including phenoxy) is 1. The van der Waals surface area contributed by atoms with Gasteiger partial charge < -0.3 is 20.2 Å². The molecule has 2 N–H and O–H groups in total. The lowest BCUT2D eigenvalue weighted by Crippen LogP contribution is -2.41. The summed E-state index contributed by atoms with van der Waals surface area (Å²) in [5, 5.41) is 4.32. The van der Waals surface area contributed by atoms with Crippen molar-refractivity contribution in [2.45, 2.75) is 77.0 Å². The van der Waals surface area contributed by atoms with Gasteiger partial charge in [-0.2, -0.15) is 0 Å². The number of oxime groups is 1. The van der Waals surface area contributed by atoms with E-state index in [0.29, 0.717) is 57.2 Å². The highest BCUT2D eigenvalue weighted by atomic mass is 19.1. The van der Waals surface area contributed by atoms with E-state index in [-0.39, 0.29) is 42.1 Å². The standard InChI is InChI=1S/C22H31F2N3O3/c1-14(2)29-22(28)27-9-7-18(8-10-27)30-26-17-5-3-15(4-6-17)19-12-20(23)16(13-25)11-21(19)24/h11-12,14-15,18H,3-10,13,25H2,1-2H3. The van der Waals surface area contributed by atoms with Crippen LogP contribution in [-0.2, 0) is 16.1 Å². The molecule has 1 aliphatic carbocycles.